The van der Waals surface area contributed by atoms with Crippen molar-refractivity contribution in [2.45, 2.75) is 51.2 Å². The lowest BCUT2D eigenvalue weighted by Crippen LogP contribution is -2.42. The first-order chi connectivity index (χ1) is 14.3. The minimum absolute atomic E-state index is 0.0276. The van der Waals surface area contributed by atoms with Crippen LogP contribution in [-0.4, -0.2) is 45.4 Å². The van der Waals surface area contributed by atoms with E-state index in [0.29, 0.717) is 12.0 Å². The number of ether oxygens (including phenoxy) is 2. The first-order valence-electron chi connectivity index (χ1n) is 9.67. The van der Waals surface area contributed by atoms with Crippen LogP contribution in [0.5, 0.6) is 5.75 Å². The molecule has 0 aliphatic carbocycles. The van der Waals surface area contributed by atoms with E-state index in [1.165, 1.54) is 35.9 Å². The molecule has 1 aliphatic rings. The SMILES string of the molecule is CCc1cn([C@H]2C[C@H](O)[C@@H](CNC(=O)C(C)Oc3ccccc3F)O2)c(=O)[nH]c1=O. The van der Waals surface area contributed by atoms with Crippen LogP contribution in [0.2, 0.25) is 0 Å². The molecule has 0 saturated carbocycles. The van der Waals surface area contributed by atoms with Gasteiger partial charge < -0.3 is 19.9 Å². The summed E-state index contributed by atoms with van der Waals surface area (Å²) in [5.41, 5.74) is -0.667. The molecule has 2 heterocycles. The second-order valence-corrected chi connectivity index (χ2v) is 7.04. The quantitative estimate of drug-likeness (QED) is 0.597. The number of carbonyl (C=O) groups excluding carboxylic acids is 1. The van der Waals surface area contributed by atoms with E-state index in [9.17, 15) is 23.9 Å². The maximum atomic E-state index is 13.7. The molecule has 0 radical (unpaired) electrons. The van der Waals surface area contributed by atoms with Crippen LogP contribution in [-0.2, 0) is 16.0 Å². The van der Waals surface area contributed by atoms with Crippen LogP contribution in [0.4, 0.5) is 4.39 Å². The molecule has 1 amide bonds. The van der Waals surface area contributed by atoms with Gasteiger partial charge in [-0.15, -0.1) is 0 Å². The number of rotatable bonds is 7. The van der Waals surface area contributed by atoms with Crippen LogP contribution in [0.15, 0.2) is 40.1 Å². The molecule has 1 aromatic heterocycles. The lowest BCUT2D eigenvalue weighted by Gasteiger charge is -2.19. The molecule has 10 heteroatoms. The van der Waals surface area contributed by atoms with Gasteiger partial charge >= 0.3 is 5.69 Å². The Morgan fingerprint density at radius 2 is 2.17 bits per heavy atom. The summed E-state index contributed by atoms with van der Waals surface area (Å²) in [6.07, 6.45) is -1.45. The van der Waals surface area contributed by atoms with E-state index in [0.717, 1.165) is 0 Å². The molecule has 1 aromatic carbocycles. The molecule has 3 rings (SSSR count). The van der Waals surface area contributed by atoms with E-state index in [-0.39, 0.29) is 18.7 Å². The van der Waals surface area contributed by atoms with Crippen LogP contribution in [0, 0.1) is 5.82 Å². The van der Waals surface area contributed by atoms with Gasteiger partial charge in [0.15, 0.2) is 17.7 Å². The van der Waals surface area contributed by atoms with E-state index in [1.54, 1.807) is 13.0 Å². The van der Waals surface area contributed by atoms with Crippen LogP contribution < -0.4 is 21.3 Å². The zero-order valence-corrected chi connectivity index (χ0v) is 16.6. The molecule has 3 N–H and O–H groups in total. The number of aliphatic hydroxyl groups excluding tert-OH is 1. The third-order valence-electron chi connectivity index (χ3n) is 4.92. The van der Waals surface area contributed by atoms with Crippen molar-refractivity contribution in [3.8, 4) is 5.75 Å². The number of carbonyl (C=O) groups is 1. The van der Waals surface area contributed by atoms with Crippen molar-refractivity contribution in [2.24, 2.45) is 0 Å². The smallest absolute Gasteiger partial charge is 0.330 e. The Labute approximate surface area is 171 Å². The van der Waals surface area contributed by atoms with Crippen molar-refractivity contribution in [2.75, 3.05) is 6.54 Å². The Morgan fingerprint density at radius 1 is 1.43 bits per heavy atom. The summed E-state index contributed by atoms with van der Waals surface area (Å²) in [6.45, 7) is 3.23. The molecule has 1 saturated heterocycles. The Morgan fingerprint density at radius 3 is 2.87 bits per heavy atom. The molecule has 1 fully saturated rings. The molecule has 2 aromatic rings. The number of aromatic nitrogens is 2. The minimum Gasteiger partial charge on any atom is -0.478 e. The molecular formula is C20H24FN3O6. The van der Waals surface area contributed by atoms with E-state index in [2.05, 4.69) is 10.3 Å². The van der Waals surface area contributed by atoms with Crippen molar-refractivity contribution < 1.29 is 23.8 Å². The average Bonchev–Trinajstić information content (AvgIpc) is 3.08. The van der Waals surface area contributed by atoms with Crippen LogP contribution in [0.1, 0.15) is 32.1 Å². The van der Waals surface area contributed by atoms with Gasteiger partial charge in [0.25, 0.3) is 11.5 Å². The first-order valence-corrected chi connectivity index (χ1v) is 9.67. The maximum Gasteiger partial charge on any atom is 0.330 e. The number of aromatic amines is 1. The summed E-state index contributed by atoms with van der Waals surface area (Å²) >= 11 is 0. The van der Waals surface area contributed by atoms with Gasteiger partial charge in [-0.1, -0.05) is 19.1 Å². The monoisotopic (exact) mass is 421 g/mol. The zero-order chi connectivity index (χ0) is 21.8. The Balaban J connectivity index is 1.59. The standard InChI is InChI=1S/C20H24FN3O6/c1-3-12-10-24(20(28)23-19(12)27)17-8-14(25)16(30-17)9-22-18(26)11(2)29-15-7-5-4-6-13(15)21/h4-7,10-11,14,16-17,25H,3,8-9H2,1-2H3,(H,22,26)(H,23,27,28)/t11?,14-,16+,17+/m0/s1. The fraction of sp³-hybridized carbons (Fsp3) is 0.450. The highest BCUT2D eigenvalue weighted by Gasteiger charge is 2.36. The second-order valence-electron chi connectivity index (χ2n) is 7.04. The summed E-state index contributed by atoms with van der Waals surface area (Å²) < 4.78 is 25.9. The van der Waals surface area contributed by atoms with Gasteiger partial charge in [-0.05, 0) is 25.5 Å². The largest absolute Gasteiger partial charge is 0.478 e. The number of para-hydroxylation sites is 1. The lowest BCUT2D eigenvalue weighted by atomic mass is 10.1. The van der Waals surface area contributed by atoms with Gasteiger partial charge in [0.05, 0.1) is 6.10 Å². The number of aryl methyl sites for hydroxylation is 1. The number of H-pyrrole nitrogens is 1. The number of amides is 1. The fourth-order valence-corrected chi connectivity index (χ4v) is 3.19. The predicted octanol–water partition coefficient (Wildman–Crippen LogP) is 0.470. The molecule has 1 aliphatic heterocycles. The van der Waals surface area contributed by atoms with Gasteiger partial charge in [-0.25, -0.2) is 9.18 Å². The number of halogens is 1. The van der Waals surface area contributed by atoms with Gasteiger partial charge in [0, 0.05) is 24.7 Å². The molecule has 30 heavy (non-hydrogen) atoms. The van der Waals surface area contributed by atoms with E-state index >= 15 is 0 Å². The number of aliphatic hydroxyl groups is 1. The summed E-state index contributed by atoms with van der Waals surface area (Å²) in [7, 11) is 0. The van der Waals surface area contributed by atoms with Crippen molar-refractivity contribution in [1.82, 2.24) is 14.9 Å². The topological polar surface area (TPSA) is 123 Å². The summed E-state index contributed by atoms with van der Waals surface area (Å²) in [6, 6.07) is 5.75. The first kappa shape index (κ1) is 21.7. The van der Waals surface area contributed by atoms with Crippen molar-refractivity contribution >= 4 is 5.91 Å². The van der Waals surface area contributed by atoms with Crippen molar-refractivity contribution in [3.05, 3.63) is 62.7 Å². The number of hydrogen-bond acceptors (Lipinski definition) is 6. The summed E-state index contributed by atoms with van der Waals surface area (Å²) in [5.74, 6) is -1.12. The highest BCUT2D eigenvalue weighted by Crippen LogP contribution is 2.27. The zero-order valence-electron chi connectivity index (χ0n) is 16.6. The van der Waals surface area contributed by atoms with E-state index in [4.69, 9.17) is 9.47 Å². The number of hydrogen-bond donors (Lipinski definition) is 3. The normalized spacial score (nSPS) is 21.9. The number of nitrogens with zero attached hydrogens (tertiary/aromatic N) is 1. The van der Waals surface area contributed by atoms with E-state index < -0.39 is 47.5 Å². The molecule has 4 atom stereocenters. The van der Waals surface area contributed by atoms with Gasteiger partial charge in [0.1, 0.15) is 12.3 Å². The number of nitrogens with one attached hydrogen (secondary N) is 2. The molecule has 9 nitrogen and oxygen atoms in total. The lowest BCUT2D eigenvalue weighted by molar-refractivity contribution is -0.128. The number of benzene rings is 1. The fourth-order valence-electron chi connectivity index (χ4n) is 3.19. The predicted molar refractivity (Wildman–Crippen MR) is 105 cm³/mol. The van der Waals surface area contributed by atoms with Gasteiger partial charge in [-0.2, -0.15) is 0 Å². The Bertz CT molecular complexity index is 1020. The molecular weight excluding hydrogens is 397 g/mol. The summed E-state index contributed by atoms with van der Waals surface area (Å²) in [4.78, 5) is 38.3. The van der Waals surface area contributed by atoms with Crippen LogP contribution in [0.25, 0.3) is 0 Å². The van der Waals surface area contributed by atoms with Crippen LogP contribution >= 0.6 is 0 Å². The summed E-state index contributed by atoms with van der Waals surface area (Å²) in [5, 5.41) is 12.9. The molecule has 162 valence electrons. The third-order valence-corrected chi connectivity index (χ3v) is 4.92. The van der Waals surface area contributed by atoms with Crippen molar-refractivity contribution in [1.29, 1.82) is 0 Å². The second kappa shape index (κ2) is 9.23. The highest BCUT2D eigenvalue weighted by atomic mass is 19.1. The van der Waals surface area contributed by atoms with Gasteiger partial charge in [0.2, 0.25) is 0 Å². The van der Waals surface area contributed by atoms with Crippen LogP contribution in [0.3, 0.4) is 0 Å². The van der Waals surface area contributed by atoms with Gasteiger partial charge in [-0.3, -0.25) is 19.1 Å². The van der Waals surface area contributed by atoms with E-state index in [1.807, 2.05) is 0 Å². The molecule has 0 bridgehead atoms. The molecule has 1 unspecified atom stereocenters. The minimum atomic E-state index is -0.967. The maximum absolute atomic E-state index is 13.7. The Kier molecular flexibility index (Phi) is 6.68. The third kappa shape index (κ3) is 4.77. The highest BCUT2D eigenvalue weighted by molar-refractivity contribution is 5.80. The Hall–Kier alpha value is -2.98. The molecule has 0 spiro atoms. The average molecular weight is 421 g/mol. The van der Waals surface area contributed by atoms with Crippen molar-refractivity contribution in [3.63, 3.8) is 0 Å².